The highest BCUT2D eigenvalue weighted by atomic mass is 32.2. The van der Waals surface area contributed by atoms with Crippen LogP contribution < -0.4 is 10.0 Å². The van der Waals surface area contributed by atoms with Gasteiger partial charge in [-0.25, -0.2) is 8.42 Å². The Balaban J connectivity index is 1.78. The van der Waals surface area contributed by atoms with Crippen molar-refractivity contribution in [2.75, 3.05) is 4.72 Å². The average Bonchev–Trinajstić information content (AvgIpc) is 2.70. The Kier molecular flexibility index (Phi) is 6.03. The minimum absolute atomic E-state index is 0.0364. The van der Waals surface area contributed by atoms with Gasteiger partial charge in [0.15, 0.2) is 0 Å². The summed E-state index contributed by atoms with van der Waals surface area (Å²) in [7, 11) is -3.80. The van der Waals surface area contributed by atoms with E-state index in [1.165, 1.54) is 12.1 Å². The molecular formula is C23H24N2O3S. The van der Waals surface area contributed by atoms with Gasteiger partial charge in [0, 0.05) is 11.3 Å². The third-order valence-corrected chi connectivity index (χ3v) is 6.09. The molecule has 6 heteroatoms. The van der Waals surface area contributed by atoms with Crippen molar-refractivity contribution in [1.29, 1.82) is 0 Å². The first-order valence-corrected chi connectivity index (χ1v) is 10.8. The van der Waals surface area contributed by atoms with E-state index < -0.39 is 10.0 Å². The van der Waals surface area contributed by atoms with Crippen molar-refractivity contribution in [2.45, 2.75) is 31.7 Å². The minimum atomic E-state index is -3.80. The van der Waals surface area contributed by atoms with Crippen molar-refractivity contribution in [3.05, 3.63) is 95.1 Å². The summed E-state index contributed by atoms with van der Waals surface area (Å²) in [6.45, 7) is 5.82. The third-order valence-electron chi connectivity index (χ3n) is 4.71. The van der Waals surface area contributed by atoms with Crippen molar-refractivity contribution in [2.24, 2.45) is 0 Å². The van der Waals surface area contributed by atoms with Crippen LogP contribution in [0.2, 0.25) is 0 Å². The molecule has 2 N–H and O–H groups in total. The molecule has 0 spiro atoms. The van der Waals surface area contributed by atoms with Gasteiger partial charge in [-0.05, 0) is 62.2 Å². The van der Waals surface area contributed by atoms with Crippen molar-refractivity contribution >= 4 is 21.6 Å². The van der Waals surface area contributed by atoms with Crippen LogP contribution in [-0.2, 0) is 10.0 Å². The fraction of sp³-hybridized carbons (Fsp3) is 0.174. The predicted molar refractivity (Wildman–Crippen MR) is 115 cm³/mol. The summed E-state index contributed by atoms with van der Waals surface area (Å²) < 4.78 is 28.0. The molecule has 0 fully saturated rings. The Morgan fingerprint density at radius 3 is 2.28 bits per heavy atom. The fourth-order valence-electron chi connectivity index (χ4n) is 3.07. The standard InChI is InChI=1S/C23H24N2O3S/c1-16-11-13-20(14-12-16)25-29(27,28)21-9-6-8-19(15-21)23(26)24-18(3)22-10-5-4-7-17(22)2/h4-15,18,25H,1-3H3,(H,24,26)/t18-/m1/s1. The van der Waals surface area contributed by atoms with Gasteiger partial charge in [-0.2, -0.15) is 0 Å². The van der Waals surface area contributed by atoms with Crippen LogP contribution in [0, 0.1) is 13.8 Å². The molecule has 0 aromatic heterocycles. The molecule has 150 valence electrons. The monoisotopic (exact) mass is 408 g/mol. The summed E-state index contributed by atoms with van der Waals surface area (Å²) in [6.07, 6.45) is 0. The minimum Gasteiger partial charge on any atom is -0.346 e. The Labute approximate surface area is 171 Å². The lowest BCUT2D eigenvalue weighted by Gasteiger charge is -2.17. The maximum atomic E-state index is 12.7. The highest BCUT2D eigenvalue weighted by Crippen LogP contribution is 2.20. The molecule has 3 aromatic carbocycles. The SMILES string of the molecule is Cc1ccc(NS(=O)(=O)c2cccc(C(=O)N[C@H](C)c3ccccc3C)c2)cc1. The zero-order valence-corrected chi connectivity index (χ0v) is 17.5. The molecule has 3 rings (SSSR count). The fourth-order valence-corrected chi connectivity index (χ4v) is 4.17. The first-order chi connectivity index (χ1) is 13.8. The number of aryl methyl sites for hydroxylation is 2. The largest absolute Gasteiger partial charge is 0.346 e. The van der Waals surface area contributed by atoms with Crippen LogP contribution in [0.25, 0.3) is 0 Å². The third kappa shape index (κ3) is 5.03. The van der Waals surface area contributed by atoms with Crippen LogP contribution in [0.1, 0.15) is 40.0 Å². The quantitative estimate of drug-likeness (QED) is 0.626. The molecule has 0 unspecified atom stereocenters. The second-order valence-electron chi connectivity index (χ2n) is 7.05. The van der Waals surface area contributed by atoms with Gasteiger partial charge in [-0.3, -0.25) is 9.52 Å². The normalized spacial score (nSPS) is 12.2. The summed E-state index contributed by atoms with van der Waals surface area (Å²) in [5, 5.41) is 2.93. The second kappa shape index (κ2) is 8.49. The smallest absolute Gasteiger partial charge is 0.261 e. The Morgan fingerprint density at radius 2 is 1.59 bits per heavy atom. The molecular weight excluding hydrogens is 384 g/mol. The number of carbonyl (C=O) groups excluding carboxylic acids is 1. The van der Waals surface area contributed by atoms with Crippen molar-refractivity contribution in [1.82, 2.24) is 5.32 Å². The lowest BCUT2D eigenvalue weighted by molar-refractivity contribution is 0.0939. The molecule has 29 heavy (non-hydrogen) atoms. The maximum absolute atomic E-state index is 12.7. The van der Waals surface area contributed by atoms with Gasteiger partial charge in [-0.15, -0.1) is 0 Å². The molecule has 0 aliphatic heterocycles. The Bertz CT molecular complexity index is 1120. The number of hydrogen-bond acceptors (Lipinski definition) is 3. The Hall–Kier alpha value is -3.12. The summed E-state index contributed by atoms with van der Waals surface area (Å²) >= 11 is 0. The van der Waals surface area contributed by atoms with Gasteiger partial charge in [0.25, 0.3) is 15.9 Å². The van der Waals surface area contributed by atoms with E-state index in [1.54, 1.807) is 24.3 Å². The van der Waals surface area contributed by atoms with E-state index in [0.717, 1.165) is 16.7 Å². The number of benzene rings is 3. The van der Waals surface area contributed by atoms with Gasteiger partial charge in [0.1, 0.15) is 0 Å². The van der Waals surface area contributed by atoms with Crippen molar-refractivity contribution in [3.63, 3.8) is 0 Å². The van der Waals surface area contributed by atoms with E-state index in [0.29, 0.717) is 5.69 Å². The molecule has 0 bridgehead atoms. The van der Waals surface area contributed by atoms with Crippen LogP contribution >= 0.6 is 0 Å². The molecule has 5 nitrogen and oxygen atoms in total. The zero-order valence-electron chi connectivity index (χ0n) is 16.6. The number of rotatable bonds is 6. The van der Waals surface area contributed by atoms with E-state index in [4.69, 9.17) is 0 Å². The second-order valence-corrected chi connectivity index (χ2v) is 8.73. The summed E-state index contributed by atoms with van der Waals surface area (Å²) in [4.78, 5) is 12.7. The summed E-state index contributed by atoms with van der Waals surface area (Å²) in [5.74, 6) is -0.326. The maximum Gasteiger partial charge on any atom is 0.261 e. The summed E-state index contributed by atoms with van der Waals surface area (Å²) in [5.41, 5.74) is 3.90. The zero-order chi connectivity index (χ0) is 21.0. The van der Waals surface area contributed by atoms with Gasteiger partial charge in [0.2, 0.25) is 0 Å². The van der Waals surface area contributed by atoms with E-state index >= 15 is 0 Å². The highest BCUT2D eigenvalue weighted by molar-refractivity contribution is 7.92. The molecule has 0 saturated heterocycles. The molecule has 0 aliphatic carbocycles. The lowest BCUT2D eigenvalue weighted by atomic mass is 10.0. The van der Waals surface area contributed by atoms with Crippen LogP contribution in [0.15, 0.2) is 77.7 Å². The number of amides is 1. The number of nitrogens with one attached hydrogen (secondary N) is 2. The van der Waals surface area contributed by atoms with Gasteiger partial charge >= 0.3 is 0 Å². The number of carbonyl (C=O) groups is 1. The van der Waals surface area contributed by atoms with Crippen LogP contribution in [-0.4, -0.2) is 14.3 Å². The number of anilines is 1. The van der Waals surface area contributed by atoms with E-state index in [1.807, 2.05) is 57.2 Å². The van der Waals surface area contributed by atoms with E-state index in [2.05, 4.69) is 10.0 Å². The van der Waals surface area contributed by atoms with Crippen LogP contribution in [0.5, 0.6) is 0 Å². The molecule has 1 amide bonds. The van der Waals surface area contributed by atoms with Gasteiger partial charge < -0.3 is 5.32 Å². The molecule has 0 saturated carbocycles. The van der Waals surface area contributed by atoms with Crippen LogP contribution in [0.4, 0.5) is 5.69 Å². The first kappa shape index (κ1) is 20.6. The molecule has 0 radical (unpaired) electrons. The molecule has 0 heterocycles. The molecule has 3 aromatic rings. The predicted octanol–water partition coefficient (Wildman–Crippen LogP) is 4.60. The van der Waals surface area contributed by atoms with Gasteiger partial charge in [-0.1, -0.05) is 48.0 Å². The first-order valence-electron chi connectivity index (χ1n) is 9.32. The topological polar surface area (TPSA) is 75.3 Å². The van der Waals surface area contributed by atoms with Crippen molar-refractivity contribution < 1.29 is 13.2 Å². The van der Waals surface area contributed by atoms with Crippen molar-refractivity contribution in [3.8, 4) is 0 Å². The van der Waals surface area contributed by atoms with Gasteiger partial charge in [0.05, 0.1) is 10.9 Å². The van der Waals surface area contributed by atoms with Crippen LogP contribution in [0.3, 0.4) is 0 Å². The van der Waals surface area contributed by atoms with E-state index in [-0.39, 0.29) is 22.4 Å². The highest BCUT2D eigenvalue weighted by Gasteiger charge is 2.18. The lowest BCUT2D eigenvalue weighted by Crippen LogP contribution is -2.27. The molecule has 1 atom stereocenters. The number of hydrogen-bond donors (Lipinski definition) is 2. The Morgan fingerprint density at radius 1 is 0.897 bits per heavy atom. The molecule has 0 aliphatic rings. The van der Waals surface area contributed by atoms with E-state index in [9.17, 15) is 13.2 Å². The average molecular weight is 409 g/mol. The summed E-state index contributed by atoms with van der Waals surface area (Å²) in [6, 6.07) is 20.7. The number of sulfonamides is 1.